The molecule has 0 unspecified atom stereocenters. The molecule has 0 heterocycles. The molecule has 3 aromatic rings. The second-order valence-corrected chi connectivity index (χ2v) is 10.9. The van der Waals surface area contributed by atoms with E-state index in [1.54, 1.807) is 12.1 Å². The normalized spacial score (nSPS) is 13.2. The molecule has 5 heteroatoms. The summed E-state index contributed by atoms with van der Waals surface area (Å²) in [4.78, 5) is 27.4. The van der Waals surface area contributed by atoms with Crippen LogP contribution in [0.5, 0.6) is 5.75 Å². The maximum atomic E-state index is 13.8. The molecule has 3 aromatic carbocycles. The summed E-state index contributed by atoms with van der Waals surface area (Å²) in [5, 5.41) is 3.67. The zero-order valence-corrected chi connectivity index (χ0v) is 22.9. The molecule has 0 spiro atoms. The van der Waals surface area contributed by atoms with Crippen molar-refractivity contribution in [1.29, 1.82) is 0 Å². The number of hydrogen-bond acceptors (Lipinski definition) is 3. The molecule has 3 rings (SSSR count). The number of rotatable bonds is 7. The van der Waals surface area contributed by atoms with Gasteiger partial charge in [-0.3, -0.25) is 15.0 Å². The van der Waals surface area contributed by atoms with Gasteiger partial charge >= 0.3 is 0 Å². The van der Waals surface area contributed by atoms with Crippen molar-refractivity contribution in [2.75, 3.05) is 7.11 Å². The number of amides is 2. The van der Waals surface area contributed by atoms with Crippen molar-refractivity contribution in [2.24, 2.45) is 5.41 Å². The molecule has 0 aliphatic carbocycles. The molecule has 0 aliphatic heterocycles. The van der Waals surface area contributed by atoms with Crippen molar-refractivity contribution in [3.8, 4) is 5.75 Å². The Bertz CT molecular complexity index is 1220. The van der Waals surface area contributed by atoms with E-state index >= 15 is 0 Å². The Morgan fingerprint density at radius 3 is 2.14 bits per heavy atom. The lowest BCUT2D eigenvalue weighted by molar-refractivity contribution is -0.128. The Balaban J connectivity index is 1.95. The largest absolute Gasteiger partial charge is 0.497 e. The topological polar surface area (TPSA) is 58.6 Å². The summed E-state index contributed by atoms with van der Waals surface area (Å²) in [7, 11) is 1.65. The number of methoxy groups -OCH3 is 1. The van der Waals surface area contributed by atoms with Crippen molar-refractivity contribution in [1.82, 2.24) is 10.4 Å². The Hall–Kier alpha value is -3.34. The number of hydrogen-bond donors (Lipinski definition) is 1. The summed E-state index contributed by atoms with van der Waals surface area (Å²) in [6, 6.07) is 17.6. The van der Waals surface area contributed by atoms with Crippen LogP contribution in [-0.4, -0.2) is 30.0 Å². The SMILES string of the molecule is CCC[C@@H](N(NC(=O)[C@@H](C)c1ccc2cc(OC)ccc2c1)C(=O)c1cc(C)cc(C)c1)C(C)(C)C. The Morgan fingerprint density at radius 1 is 0.944 bits per heavy atom. The van der Waals surface area contributed by atoms with Crippen LogP contribution in [0.2, 0.25) is 0 Å². The number of fused-ring (bicyclic) bond motifs is 1. The van der Waals surface area contributed by atoms with Gasteiger partial charge in [0.05, 0.1) is 19.1 Å². The monoisotopic (exact) mass is 488 g/mol. The molecule has 2 atom stereocenters. The molecule has 0 saturated carbocycles. The van der Waals surface area contributed by atoms with E-state index in [-0.39, 0.29) is 23.3 Å². The van der Waals surface area contributed by atoms with Crippen LogP contribution in [0.25, 0.3) is 10.8 Å². The molecule has 0 fully saturated rings. The molecule has 36 heavy (non-hydrogen) atoms. The van der Waals surface area contributed by atoms with Crippen molar-refractivity contribution in [2.45, 2.75) is 73.3 Å². The van der Waals surface area contributed by atoms with Gasteiger partial charge in [0, 0.05) is 5.56 Å². The van der Waals surface area contributed by atoms with Gasteiger partial charge in [0.25, 0.3) is 5.91 Å². The van der Waals surface area contributed by atoms with Crippen LogP contribution in [0.3, 0.4) is 0 Å². The fraction of sp³-hybridized carbons (Fsp3) is 0.419. The average molecular weight is 489 g/mol. The maximum Gasteiger partial charge on any atom is 0.272 e. The van der Waals surface area contributed by atoms with Gasteiger partial charge in [0.15, 0.2) is 0 Å². The third-order valence-corrected chi connectivity index (χ3v) is 6.76. The van der Waals surface area contributed by atoms with Crippen LogP contribution in [0, 0.1) is 19.3 Å². The van der Waals surface area contributed by atoms with Crippen LogP contribution in [0.15, 0.2) is 54.6 Å². The van der Waals surface area contributed by atoms with E-state index in [4.69, 9.17) is 4.74 Å². The summed E-state index contributed by atoms with van der Waals surface area (Å²) < 4.78 is 5.32. The van der Waals surface area contributed by atoms with E-state index in [1.165, 1.54) is 0 Å². The van der Waals surface area contributed by atoms with E-state index in [9.17, 15) is 9.59 Å². The summed E-state index contributed by atoms with van der Waals surface area (Å²) in [6.07, 6.45) is 1.69. The van der Waals surface area contributed by atoms with Gasteiger partial charge in [-0.15, -0.1) is 0 Å². The third kappa shape index (κ3) is 6.26. The highest BCUT2D eigenvalue weighted by Gasteiger charge is 2.35. The quantitative estimate of drug-likeness (QED) is 0.366. The first-order valence-electron chi connectivity index (χ1n) is 12.7. The maximum absolute atomic E-state index is 13.8. The Labute approximate surface area is 215 Å². The molecule has 2 amide bonds. The van der Waals surface area contributed by atoms with Crippen LogP contribution >= 0.6 is 0 Å². The number of carbonyl (C=O) groups is 2. The summed E-state index contributed by atoms with van der Waals surface area (Å²) in [6.45, 7) is 14.3. The van der Waals surface area contributed by atoms with E-state index in [0.29, 0.717) is 5.56 Å². The van der Waals surface area contributed by atoms with Gasteiger partial charge in [-0.1, -0.05) is 75.6 Å². The predicted octanol–water partition coefficient (Wildman–Crippen LogP) is 6.96. The number of hydrazine groups is 1. The second-order valence-electron chi connectivity index (χ2n) is 10.9. The highest BCUT2D eigenvalue weighted by atomic mass is 16.5. The molecule has 0 saturated heterocycles. The first kappa shape index (κ1) is 27.3. The van der Waals surface area contributed by atoms with Gasteiger partial charge in [-0.2, -0.15) is 0 Å². The lowest BCUT2D eigenvalue weighted by atomic mass is 9.83. The van der Waals surface area contributed by atoms with Crippen molar-refractivity contribution >= 4 is 22.6 Å². The van der Waals surface area contributed by atoms with E-state index in [2.05, 4.69) is 33.1 Å². The first-order chi connectivity index (χ1) is 16.9. The van der Waals surface area contributed by atoms with Gasteiger partial charge in [0.1, 0.15) is 5.75 Å². The van der Waals surface area contributed by atoms with Gasteiger partial charge in [-0.25, -0.2) is 5.01 Å². The van der Waals surface area contributed by atoms with Crippen LogP contribution in [0.1, 0.15) is 80.4 Å². The first-order valence-corrected chi connectivity index (χ1v) is 12.7. The number of nitrogens with zero attached hydrogens (tertiary/aromatic N) is 1. The van der Waals surface area contributed by atoms with Gasteiger partial charge < -0.3 is 4.74 Å². The number of nitrogens with one attached hydrogen (secondary N) is 1. The molecular weight excluding hydrogens is 448 g/mol. The fourth-order valence-electron chi connectivity index (χ4n) is 4.74. The smallest absolute Gasteiger partial charge is 0.272 e. The predicted molar refractivity (Wildman–Crippen MR) is 147 cm³/mol. The minimum atomic E-state index is -0.437. The van der Waals surface area contributed by atoms with Gasteiger partial charge in [0.2, 0.25) is 5.91 Å². The second kappa shape index (κ2) is 11.2. The highest BCUT2D eigenvalue weighted by molar-refractivity contribution is 5.97. The molecule has 0 aromatic heterocycles. The standard InChI is InChI=1S/C31H40N2O3/c1-9-10-28(31(5,6)7)33(30(35)26-16-20(2)15-21(3)17-26)32-29(34)22(4)23-11-12-25-19-27(36-8)14-13-24(25)18-23/h11-19,22,28H,9-10H2,1-8H3,(H,32,34)/t22-,28+/m0/s1. The van der Waals surface area contributed by atoms with Crippen LogP contribution in [-0.2, 0) is 4.79 Å². The van der Waals surface area contributed by atoms with E-state index in [0.717, 1.165) is 46.1 Å². The van der Waals surface area contributed by atoms with Crippen molar-refractivity contribution in [3.05, 3.63) is 76.9 Å². The van der Waals surface area contributed by atoms with Crippen LogP contribution in [0.4, 0.5) is 0 Å². The molecule has 0 aliphatic rings. The molecule has 5 nitrogen and oxygen atoms in total. The molecule has 192 valence electrons. The van der Waals surface area contributed by atoms with Crippen LogP contribution < -0.4 is 10.2 Å². The third-order valence-electron chi connectivity index (χ3n) is 6.76. The Morgan fingerprint density at radius 2 is 1.56 bits per heavy atom. The molecule has 0 bridgehead atoms. The summed E-state index contributed by atoms with van der Waals surface area (Å²) >= 11 is 0. The number of carbonyl (C=O) groups excluding carboxylic acids is 2. The summed E-state index contributed by atoms with van der Waals surface area (Å²) in [5.74, 6) is -0.0220. The van der Waals surface area contributed by atoms with E-state index < -0.39 is 5.92 Å². The fourth-order valence-corrected chi connectivity index (χ4v) is 4.74. The lowest BCUT2D eigenvalue weighted by Crippen LogP contribution is -2.56. The number of ether oxygens (including phenoxy) is 1. The lowest BCUT2D eigenvalue weighted by Gasteiger charge is -2.40. The average Bonchev–Trinajstić information content (AvgIpc) is 2.83. The summed E-state index contributed by atoms with van der Waals surface area (Å²) in [5.41, 5.74) is 6.34. The zero-order chi connectivity index (χ0) is 26.6. The number of aryl methyl sites for hydroxylation is 2. The number of benzene rings is 3. The minimum Gasteiger partial charge on any atom is -0.497 e. The molecule has 1 N–H and O–H groups in total. The minimum absolute atomic E-state index is 0.156. The highest BCUT2D eigenvalue weighted by Crippen LogP contribution is 2.30. The van der Waals surface area contributed by atoms with Gasteiger partial charge in [-0.05, 0) is 73.2 Å². The Kier molecular flexibility index (Phi) is 8.44. The van der Waals surface area contributed by atoms with Crippen molar-refractivity contribution in [3.63, 3.8) is 0 Å². The van der Waals surface area contributed by atoms with E-state index in [1.807, 2.05) is 75.4 Å². The van der Waals surface area contributed by atoms with Crippen molar-refractivity contribution < 1.29 is 14.3 Å². The molecular formula is C31H40N2O3. The molecule has 0 radical (unpaired) electrons. The zero-order valence-electron chi connectivity index (χ0n) is 22.9.